The lowest BCUT2D eigenvalue weighted by Crippen LogP contribution is -2.37. The van der Waals surface area contributed by atoms with Crippen LogP contribution in [0.3, 0.4) is 0 Å². The zero-order chi connectivity index (χ0) is 17.9. The highest BCUT2D eigenvalue weighted by molar-refractivity contribution is 7.80. The molecule has 0 amide bonds. The fourth-order valence-electron chi connectivity index (χ4n) is 3.04. The van der Waals surface area contributed by atoms with Gasteiger partial charge in [0, 0.05) is 0 Å². The summed E-state index contributed by atoms with van der Waals surface area (Å²) in [7, 11) is 0. The van der Waals surface area contributed by atoms with E-state index in [1.54, 1.807) is 0 Å². The van der Waals surface area contributed by atoms with E-state index in [9.17, 15) is 4.79 Å². The van der Waals surface area contributed by atoms with E-state index < -0.39 is 12.0 Å². The van der Waals surface area contributed by atoms with Gasteiger partial charge < -0.3 is 10.4 Å². The van der Waals surface area contributed by atoms with Gasteiger partial charge in [-0.15, -0.1) is 0 Å². The second-order valence-electron chi connectivity index (χ2n) is 6.95. The molecule has 3 nitrogen and oxygen atoms in total. The van der Waals surface area contributed by atoms with Crippen LogP contribution in [0.2, 0.25) is 0 Å². The maximum Gasteiger partial charge on any atom is 0.320 e. The average molecular weight is 360 g/mol. The molecule has 0 spiro atoms. The molecule has 144 valence electrons. The third-order valence-corrected chi connectivity index (χ3v) is 4.90. The van der Waals surface area contributed by atoms with Crippen LogP contribution in [0.1, 0.15) is 103 Å². The molecule has 0 aromatic heterocycles. The molecular weight excluding hydrogens is 318 g/mol. The van der Waals surface area contributed by atoms with Gasteiger partial charge in [-0.25, -0.2) is 0 Å². The maximum absolute atomic E-state index is 11.0. The lowest BCUT2D eigenvalue weighted by molar-refractivity contribution is -0.139. The summed E-state index contributed by atoms with van der Waals surface area (Å²) in [5, 5.41) is 12.1. The molecule has 0 unspecified atom stereocenters. The number of rotatable bonds is 19. The Bertz CT molecular complexity index is 274. The molecule has 0 aromatic carbocycles. The highest BCUT2D eigenvalue weighted by Gasteiger charge is 2.14. The topological polar surface area (TPSA) is 49.3 Å². The van der Waals surface area contributed by atoms with E-state index in [0.717, 1.165) is 13.0 Å². The van der Waals surface area contributed by atoms with Crippen molar-refractivity contribution in [1.82, 2.24) is 5.32 Å². The van der Waals surface area contributed by atoms with Gasteiger partial charge in [0.1, 0.15) is 6.04 Å². The number of thiol groups is 1. The van der Waals surface area contributed by atoms with Gasteiger partial charge in [-0.3, -0.25) is 4.79 Å². The van der Waals surface area contributed by atoms with E-state index in [4.69, 9.17) is 5.11 Å². The first-order valence-electron chi connectivity index (χ1n) is 10.3. The van der Waals surface area contributed by atoms with Crippen LogP contribution in [0.4, 0.5) is 0 Å². The van der Waals surface area contributed by atoms with Crippen molar-refractivity contribution in [3.05, 3.63) is 0 Å². The number of carbonyl (C=O) groups is 1. The van der Waals surface area contributed by atoms with Crippen LogP contribution in [0.25, 0.3) is 0 Å². The number of carboxylic acids is 1. The third kappa shape index (κ3) is 16.6. The van der Waals surface area contributed by atoms with Crippen LogP contribution in [0.15, 0.2) is 0 Å². The van der Waals surface area contributed by atoms with Crippen molar-refractivity contribution < 1.29 is 9.90 Å². The minimum absolute atomic E-state index is 0.426. The molecule has 0 aliphatic rings. The summed E-state index contributed by atoms with van der Waals surface area (Å²) >= 11 is 4.10. The molecule has 0 saturated carbocycles. The molecule has 24 heavy (non-hydrogen) atoms. The van der Waals surface area contributed by atoms with Crippen molar-refractivity contribution in [2.24, 2.45) is 0 Å². The van der Waals surface area contributed by atoms with Crippen LogP contribution in [0.5, 0.6) is 0 Å². The summed E-state index contributed by atoms with van der Waals surface area (Å²) in [6, 6.07) is -0.426. The van der Waals surface area contributed by atoms with Gasteiger partial charge in [0.2, 0.25) is 0 Å². The first-order chi connectivity index (χ1) is 11.7. The van der Waals surface area contributed by atoms with Gasteiger partial charge in [0.25, 0.3) is 0 Å². The van der Waals surface area contributed by atoms with Crippen molar-refractivity contribution in [2.75, 3.05) is 12.3 Å². The van der Waals surface area contributed by atoms with Crippen molar-refractivity contribution in [2.45, 2.75) is 109 Å². The molecule has 0 aliphatic heterocycles. The highest BCUT2D eigenvalue weighted by atomic mass is 32.1. The van der Waals surface area contributed by atoms with E-state index in [0.29, 0.717) is 12.2 Å². The molecule has 0 aromatic rings. The fraction of sp³-hybridized carbons (Fsp3) is 0.950. The summed E-state index contributed by atoms with van der Waals surface area (Å²) in [6.07, 6.45) is 19.5. The predicted molar refractivity (Wildman–Crippen MR) is 108 cm³/mol. The number of aliphatic carboxylic acids is 1. The number of carboxylic acid groups (broad SMARTS) is 1. The third-order valence-electron chi connectivity index (χ3n) is 4.64. The van der Waals surface area contributed by atoms with Gasteiger partial charge in [-0.2, -0.15) is 12.6 Å². The molecule has 0 saturated heterocycles. The van der Waals surface area contributed by atoms with Gasteiger partial charge >= 0.3 is 5.97 Å². The van der Waals surface area contributed by atoms with E-state index in [-0.39, 0.29) is 0 Å². The average Bonchev–Trinajstić information content (AvgIpc) is 2.57. The molecule has 0 fully saturated rings. The molecule has 0 radical (unpaired) electrons. The van der Waals surface area contributed by atoms with E-state index in [1.807, 2.05) is 0 Å². The Labute approximate surface area is 155 Å². The normalized spacial score (nSPS) is 12.4. The van der Waals surface area contributed by atoms with Gasteiger partial charge in [0.15, 0.2) is 0 Å². The smallest absolute Gasteiger partial charge is 0.320 e. The van der Waals surface area contributed by atoms with Gasteiger partial charge in [0.05, 0.1) is 0 Å². The minimum atomic E-state index is -0.755. The molecule has 1 atom stereocenters. The van der Waals surface area contributed by atoms with E-state index in [2.05, 4.69) is 24.9 Å². The van der Waals surface area contributed by atoms with Crippen LogP contribution < -0.4 is 5.32 Å². The summed E-state index contributed by atoms with van der Waals surface area (Å²) < 4.78 is 0. The molecule has 2 N–H and O–H groups in total. The van der Waals surface area contributed by atoms with Crippen molar-refractivity contribution in [3.63, 3.8) is 0 Å². The number of hydrogen-bond donors (Lipinski definition) is 3. The summed E-state index contributed by atoms with van der Waals surface area (Å²) in [6.45, 7) is 3.08. The first kappa shape index (κ1) is 23.8. The summed E-state index contributed by atoms with van der Waals surface area (Å²) in [5.74, 6) is -0.141. The van der Waals surface area contributed by atoms with Crippen molar-refractivity contribution in [1.29, 1.82) is 0 Å². The van der Waals surface area contributed by atoms with E-state index >= 15 is 0 Å². The van der Waals surface area contributed by atoms with Crippen molar-refractivity contribution in [3.8, 4) is 0 Å². The highest BCUT2D eigenvalue weighted by Crippen LogP contribution is 2.12. The van der Waals surface area contributed by atoms with Crippen LogP contribution in [-0.4, -0.2) is 29.4 Å². The van der Waals surface area contributed by atoms with Crippen molar-refractivity contribution >= 4 is 18.6 Å². The predicted octanol–water partition coefficient (Wildman–Crippen LogP) is 5.83. The fourth-order valence-corrected chi connectivity index (χ4v) is 3.30. The summed E-state index contributed by atoms with van der Waals surface area (Å²) in [4.78, 5) is 11.0. The zero-order valence-corrected chi connectivity index (χ0v) is 16.8. The SMILES string of the molecule is CCCCCCCCCCCCCCCCN[C@H](CCS)C(=O)O. The zero-order valence-electron chi connectivity index (χ0n) is 15.9. The van der Waals surface area contributed by atoms with E-state index in [1.165, 1.54) is 83.5 Å². The Morgan fingerprint density at radius 3 is 1.62 bits per heavy atom. The molecule has 0 rings (SSSR count). The number of unbranched alkanes of at least 4 members (excludes halogenated alkanes) is 13. The number of nitrogens with one attached hydrogen (secondary N) is 1. The molecule has 0 bridgehead atoms. The van der Waals surface area contributed by atoms with Crippen LogP contribution in [-0.2, 0) is 4.79 Å². The molecule has 0 aliphatic carbocycles. The Hall–Kier alpha value is -0.220. The van der Waals surface area contributed by atoms with Gasteiger partial charge in [-0.05, 0) is 25.1 Å². The quantitative estimate of drug-likeness (QED) is 0.201. The Morgan fingerprint density at radius 2 is 1.25 bits per heavy atom. The second kappa shape index (κ2) is 19.1. The lowest BCUT2D eigenvalue weighted by Gasteiger charge is -2.12. The van der Waals surface area contributed by atoms with Gasteiger partial charge in [-0.1, -0.05) is 90.4 Å². The second-order valence-corrected chi connectivity index (χ2v) is 7.40. The Kier molecular flexibility index (Phi) is 18.9. The standard InChI is InChI=1S/C20H41NO2S/c1-2-3-4-5-6-7-8-9-10-11-12-13-14-15-17-21-19(16-18-24)20(22)23/h19,21,24H,2-18H2,1H3,(H,22,23)/t19-/m1/s1. The molecule has 4 heteroatoms. The largest absolute Gasteiger partial charge is 0.480 e. The Balaban J connectivity index is 3.18. The first-order valence-corrected chi connectivity index (χ1v) is 10.9. The summed E-state index contributed by atoms with van der Waals surface area (Å²) in [5.41, 5.74) is 0. The van der Waals surface area contributed by atoms with Crippen LogP contribution in [0, 0.1) is 0 Å². The van der Waals surface area contributed by atoms with Crippen LogP contribution >= 0.6 is 12.6 Å². The lowest BCUT2D eigenvalue weighted by atomic mass is 10.0. The molecular formula is C20H41NO2S. The minimum Gasteiger partial charge on any atom is -0.480 e. The maximum atomic E-state index is 11.0. The monoisotopic (exact) mass is 359 g/mol. The Morgan fingerprint density at radius 1 is 0.833 bits per heavy atom. The number of hydrogen-bond acceptors (Lipinski definition) is 3. The molecule has 0 heterocycles.